The number of hydrogen-bond acceptors (Lipinski definition) is 3. The van der Waals surface area contributed by atoms with Crippen LogP contribution in [-0.2, 0) is 9.53 Å². The van der Waals surface area contributed by atoms with Gasteiger partial charge in [0.05, 0.1) is 0 Å². The number of carbonyl (C=O) groups excluding carboxylic acids is 1. The number of esters is 1. The highest BCUT2D eigenvalue weighted by Crippen LogP contribution is 2.51. The molecule has 0 aromatic carbocycles. The van der Waals surface area contributed by atoms with Crippen molar-refractivity contribution in [1.82, 2.24) is 0 Å². The molecule has 0 spiro atoms. The van der Waals surface area contributed by atoms with Crippen LogP contribution in [0, 0.1) is 11.8 Å². The molecule has 0 bridgehead atoms. The molecule has 3 nitrogen and oxygen atoms in total. The minimum absolute atomic E-state index is 0.185. The van der Waals surface area contributed by atoms with E-state index in [2.05, 4.69) is 4.74 Å². The zero-order valence-electron chi connectivity index (χ0n) is 9.00. The van der Waals surface area contributed by atoms with E-state index in [9.17, 15) is 4.79 Å². The van der Waals surface area contributed by atoms with E-state index in [4.69, 9.17) is 5.73 Å². The first-order valence-electron chi connectivity index (χ1n) is 5.63. The largest absolute Gasteiger partial charge is 0.464 e. The fraction of sp³-hybridized carbons (Fsp3) is 0.909. The summed E-state index contributed by atoms with van der Waals surface area (Å²) in [5, 5.41) is 0. The van der Waals surface area contributed by atoms with Crippen LogP contribution in [0.1, 0.15) is 39.0 Å². The predicted octanol–water partition coefficient (Wildman–Crippen LogP) is 1.70. The van der Waals surface area contributed by atoms with Crippen molar-refractivity contribution in [2.75, 3.05) is 13.2 Å². The third-order valence-electron chi connectivity index (χ3n) is 2.89. The van der Waals surface area contributed by atoms with E-state index < -0.39 is 0 Å². The molecule has 2 fully saturated rings. The summed E-state index contributed by atoms with van der Waals surface area (Å²) in [5.41, 5.74) is 5.05. The van der Waals surface area contributed by atoms with Gasteiger partial charge in [0.1, 0.15) is 6.61 Å². The highest BCUT2D eigenvalue weighted by molar-refractivity contribution is 5.68. The van der Waals surface area contributed by atoms with Crippen molar-refractivity contribution < 1.29 is 9.53 Å². The second-order valence-corrected chi connectivity index (χ2v) is 4.05. The van der Waals surface area contributed by atoms with Crippen molar-refractivity contribution in [3.8, 4) is 0 Å². The Morgan fingerprint density at radius 1 is 1.43 bits per heavy atom. The Morgan fingerprint density at radius 3 is 2.36 bits per heavy atom. The Labute approximate surface area is 86.0 Å². The highest BCUT2D eigenvalue weighted by atomic mass is 16.5. The monoisotopic (exact) mass is 199 g/mol. The molecule has 2 N–H and O–H groups in total. The van der Waals surface area contributed by atoms with Crippen molar-refractivity contribution in [2.45, 2.75) is 39.0 Å². The highest BCUT2D eigenvalue weighted by Gasteiger charge is 2.40. The Morgan fingerprint density at radius 2 is 2.07 bits per heavy atom. The van der Waals surface area contributed by atoms with Crippen LogP contribution in [0.5, 0.6) is 0 Å². The lowest BCUT2D eigenvalue weighted by Gasteiger charge is -1.97. The Bertz CT molecular complexity index is 174. The Kier molecular flexibility index (Phi) is 4.94. The van der Waals surface area contributed by atoms with Crippen LogP contribution in [0.15, 0.2) is 0 Å². The van der Waals surface area contributed by atoms with Crippen LogP contribution < -0.4 is 5.73 Å². The van der Waals surface area contributed by atoms with E-state index in [1.54, 1.807) is 26.2 Å². The quantitative estimate of drug-likeness (QED) is 0.704. The summed E-state index contributed by atoms with van der Waals surface area (Å²) < 4.78 is 4.58. The van der Waals surface area contributed by atoms with E-state index >= 15 is 0 Å². The van der Waals surface area contributed by atoms with Crippen molar-refractivity contribution >= 4 is 5.97 Å². The molecule has 0 aromatic heterocycles. The van der Waals surface area contributed by atoms with Crippen LogP contribution in [0.3, 0.4) is 0 Å². The molecule has 0 aromatic rings. The third-order valence-corrected chi connectivity index (χ3v) is 2.89. The first kappa shape index (κ1) is 11.5. The molecule has 3 heteroatoms. The number of ether oxygens (including phenoxy) is 1. The summed E-state index contributed by atoms with van der Waals surface area (Å²) in [6, 6.07) is 0. The van der Waals surface area contributed by atoms with Gasteiger partial charge in [-0.15, -0.1) is 0 Å². The topological polar surface area (TPSA) is 52.3 Å². The van der Waals surface area contributed by atoms with Gasteiger partial charge in [0.25, 0.3) is 0 Å². The maximum Gasteiger partial charge on any atom is 0.305 e. The summed E-state index contributed by atoms with van der Waals surface area (Å²) in [4.78, 5) is 10.3. The van der Waals surface area contributed by atoms with Crippen molar-refractivity contribution in [3.63, 3.8) is 0 Å². The summed E-state index contributed by atoms with van der Waals surface area (Å²) >= 11 is 0. The second-order valence-electron chi connectivity index (χ2n) is 4.05. The maximum absolute atomic E-state index is 10.3. The molecule has 0 saturated heterocycles. The van der Waals surface area contributed by atoms with Crippen molar-refractivity contribution in [1.29, 1.82) is 0 Å². The van der Waals surface area contributed by atoms with Crippen LogP contribution >= 0.6 is 0 Å². The zero-order valence-corrected chi connectivity index (χ0v) is 9.00. The predicted molar refractivity (Wildman–Crippen MR) is 55.8 cm³/mol. The number of fused-ring (bicyclic) bond motifs is 1. The fourth-order valence-electron chi connectivity index (χ4n) is 1.93. The molecule has 2 aliphatic rings. The molecule has 2 saturated carbocycles. The lowest BCUT2D eigenvalue weighted by atomic mass is 10.3. The average Bonchev–Trinajstić information content (AvgIpc) is 2.83. The van der Waals surface area contributed by atoms with Gasteiger partial charge >= 0.3 is 5.97 Å². The first-order chi connectivity index (χ1) is 6.77. The number of nitrogens with two attached hydrogens (primary N) is 1. The third kappa shape index (κ3) is 4.09. The maximum atomic E-state index is 10.3. The molecule has 0 radical (unpaired) electrons. The molecular weight excluding hydrogens is 178 g/mol. The molecule has 2 atom stereocenters. The number of carbonyl (C=O) groups is 1. The molecule has 2 unspecified atom stereocenters. The summed E-state index contributed by atoms with van der Waals surface area (Å²) in [6.07, 6.45) is 6.67. The summed E-state index contributed by atoms with van der Waals surface area (Å²) in [5.74, 6) is 2.24. The van der Waals surface area contributed by atoms with Crippen LogP contribution in [0.25, 0.3) is 0 Å². The summed E-state index contributed by atoms with van der Waals surface area (Å²) in [6.45, 7) is 2.50. The molecule has 0 heterocycles. The number of hydrogen-bond donors (Lipinski definition) is 1. The van der Waals surface area contributed by atoms with Gasteiger partial charge in [-0.2, -0.15) is 0 Å². The average molecular weight is 199 g/mol. The summed E-state index contributed by atoms with van der Waals surface area (Å²) in [7, 11) is 0. The van der Waals surface area contributed by atoms with Gasteiger partial charge in [-0.3, -0.25) is 4.79 Å². The molecule has 82 valence electrons. The van der Waals surface area contributed by atoms with Gasteiger partial charge in [0, 0.05) is 13.0 Å². The van der Waals surface area contributed by atoms with Crippen LogP contribution in [0.2, 0.25) is 0 Å². The smallest absolute Gasteiger partial charge is 0.305 e. The minimum atomic E-state index is -0.185. The van der Waals surface area contributed by atoms with Gasteiger partial charge in [0.15, 0.2) is 0 Å². The minimum Gasteiger partial charge on any atom is -0.464 e. The van der Waals surface area contributed by atoms with E-state index in [0.29, 0.717) is 19.6 Å². The standard InChI is InChI=1S/C6H10.C5H11NO2/c1-2-5-4-6(5)3-1;1-2-5(7)8-4-3-6/h5-6H,1-4H2;2-4,6H2,1H3. The SMILES string of the molecule is C1CC2CC2C1.CCC(=O)OCCN. The molecule has 2 rings (SSSR count). The first-order valence-corrected chi connectivity index (χ1v) is 5.63. The molecular formula is C11H21NO2. The van der Waals surface area contributed by atoms with Crippen LogP contribution in [0.4, 0.5) is 0 Å². The molecule has 14 heavy (non-hydrogen) atoms. The van der Waals surface area contributed by atoms with Gasteiger partial charge in [-0.1, -0.05) is 26.2 Å². The lowest BCUT2D eigenvalue weighted by molar-refractivity contribution is -0.142. The Hall–Kier alpha value is -0.570. The van der Waals surface area contributed by atoms with E-state index in [-0.39, 0.29) is 5.97 Å². The zero-order chi connectivity index (χ0) is 10.4. The van der Waals surface area contributed by atoms with Crippen molar-refractivity contribution in [3.05, 3.63) is 0 Å². The van der Waals surface area contributed by atoms with E-state index in [0.717, 1.165) is 0 Å². The molecule has 0 aliphatic heterocycles. The van der Waals surface area contributed by atoms with Gasteiger partial charge in [-0.25, -0.2) is 0 Å². The molecule has 0 amide bonds. The van der Waals surface area contributed by atoms with Gasteiger partial charge in [-0.05, 0) is 18.3 Å². The number of rotatable bonds is 3. The van der Waals surface area contributed by atoms with Crippen molar-refractivity contribution in [2.24, 2.45) is 17.6 Å². The second kappa shape index (κ2) is 6.02. The van der Waals surface area contributed by atoms with Crippen LogP contribution in [-0.4, -0.2) is 19.1 Å². The fourth-order valence-corrected chi connectivity index (χ4v) is 1.93. The normalized spacial score (nSPS) is 27.3. The van der Waals surface area contributed by atoms with Gasteiger partial charge < -0.3 is 10.5 Å². The van der Waals surface area contributed by atoms with Gasteiger partial charge in [0.2, 0.25) is 0 Å². The Balaban J connectivity index is 0.000000143. The van der Waals surface area contributed by atoms with E-state index in [1.807, 2.05) is 0 Å². The molecule has 2 aliphatic carbocycles. The lowest BCUT2D eigenvalue weighted by Crippen LogP contribution is -2.12. The van der Waals surface area contributed by atoms with E-state index in [1.165, 1.54) is 18.3 Å².